The lowest BCUT2D eigenvalue weighted by Crippen LogP contribution is -2.45. The van der Waals surface area contributed by atoms with E-state index in [0.29, 0.717) is 4.57 Å². The molecular weight excluding hydrogens is 454 g/mol. The van der Waals surface area contributed by atoms with Gasteiger partial charge < -0.3 is 19.9 Å². The monoisotopic (exact) mass is 472 g/mol. The van der Waals surface area contributed by atoms with E-state index in [-0.39, 0.29) is 11.1 Å². The van der Waals surface area contributed by atoms with Crippen molar-refractivity contribution in [3.05, 3.63) is 88.6 Å². The number of anilines is 1. The molecule has 176 valence electrons. The number of carbonyl (C=O) groups excluding carboxylic acids is 2. The molecule has 2 aromatic carbocycles. The summed E-state index contributed by atoms with van der Waals surface area (Å²) in [4.78, 5) is 43.8. The molecule has 1 aliphatic heterocycles. The molecule has 4 rings (SSSR count). The molecule has 0 bridgehead atoms. The van der Waals surface area contributed by atoms with Crippen molar-refractivity contribution in [1.82, 2.24) is 14.5 Å². The molecule has 0 saturated carbocycles. The second-order valence-corrected chi connectivity index (χ2v) is 7.26. The Labute approximate surface area is 190 Å². The summed E-state index contributed by atoms with van der Waals surface area (Å²) in [6.45, 7) is -0.683. The lowest BCUT2D eigenvalue weighted by molar-refractivity contribution is -0.143. The first-order valence-electron chi connectivity index (χ1n) is 9.99. The fourth-order valence-electron chi connectivity index (χ4n) is 3.34. The second kappa shape index (κ2) is 9.35. The van der Waals surface area contributed by atoms with E-state index in [4.69, 9.17) is 19.9 Å². The quantitative estimate of drug-likeness (QED) is 0.533. The summed E-state index contributed by atoms with van der Waals surface area (Å²) < 4.78 is 46.9. The molecule has 0 radical (unpaired) electrons. The normalized spacial score (nSPS) is 21.1. The van der Waals surface area contributed by atoms with E-state index < -0.39 is 54.5 Å². The second-order valence-electron chi connectivity index (χ2n) is 7.26. The van der Waals surface area contributed by atoms with E-state index in [1.165, 1.54) is 36.4 Å². The maximum Gasteiger partial charge on any atom is 0.354 e. The zero-order chi connectivity index (χ0) is 24.3. The Morgan fingerprint density at radius 3 is 2.21 bits per heavy atom. The average molecular weight is 472 g/mol. The Balaban J connectivity index is 1.61. The van der Waals surface area contributed by atoms with Gasteiger partial charge in [0.05, 0.1) is 11.1 Å². The van der Waals surface area contributed by atoms with Crippen LogP contribution in [0.25, 0.3) is 0 Å². The van der Waals surface area contributed by atoms with Crippen LogP contribution in [0.2, 0.25) is 0 Å². The third kappa shape index (κ3) is 4.62. The van der Waals surface area contributed by atoms with Crippen LogP contribution in [0.3, 0.4) is 0 Å². The van der Waals surface area contributed by atoms with Crippen molar-refractivity contribution in [2.75, 3.05) is 12.3 Å². The number of aromatic nitrogens is 3. The molecule has 0 spiro atoms. The molecule has 2 N–H and O–H groups in total. The third-order valence-corrected chi connectivity index (χ3v) is 4.98. The fraction of sp³-hybridized carbons (Fsp3) is 0.227. The van der Waals surface area contributed by atoms with Gasteiger partial charge in [-0.1, -0.05) is 36.4 Å². The SMILES string of the molecule is Nc1ncn([C@@H]2O[C@H](COC(=O)c3ccccc3)[C@@H](OC(=O)c3ccccc3)C2(F)F)c(=O)n1. The minimum Gasteiger partial charge on any atom is -0.459 e. The number of carbonyl (C=O) groups is 2. The highest BCUT2D eigenvalue weighted by Gasteiger charge is 2.63. The van der Waals surface area contributed by atoms with Crippen molar-refractivity contribution in [2.45, 2.75) is 24.4 Å². The first kappa shape index (κ1) is 23.0. The summed E-state index contributed by atoms with van der Waals surface area (Å²) in [5, 5.41) is 0. The van der Waals surface area contributed by atoms with E-state index in [1.54, 1.807) is 24.3 Å². The van der Waals surface area contributed by atoms with E-state index in [2.05, 4.69) is 9.97 Å². The van der Waals surface area contributed by atoms with Crippen LogP contribution in [-0.2, 0) is 14.2 Å². The van der Waals surface area contributed by atoms with Gasteiger partial charge in [-0.2, -0.15) is 13.8 Å². The molecular formula is C22H18F2N4O6. The zero-order valence-corrected chi connectivity index (χ0v) is 17.4. The summed E-state index contributed by atoms with van der Waals surface area (Å²) in [5.41, 5.74) is 4.39. The highest BCUT2D eigenvalue weighted by Crippen LogP contribution is 2.44. The van der Waals surface area contributed by atoms with Gasteiger partial charge in [0.2, 0.25) is 12.2 Å². The van der Waals surface area contributed by atoms with Crippen LogP contribution in [0.15, 0.2) is 71.8 Å². The molecule has 3 atom stereocenters. The maximum absolute atomic E-state index is 15.4. The Morgan fingerprint density at radius 2 is 1.62 bits per heavy atom. The van der Waals surface area contributed by atoms with Gasteiger partial charge in [-0.25, -0.2) is 23.9 Å². The third-order valence-electron chi connectivity index (χ3n) is 4.98. The largest absolute Gasteiger partial charge is 0.459 e. The summed E-state index contributed by atoms with van der Waals surface area (Å²) in [6, 6.07) is 15.3. The lowest BCUT2D eigenvalue weighted by Gasteiger charge is -2.24. The summed E-state index contributed by atoms with van der Waals surface area (Å²) in [5.74, 6) is -6.17. The van der Waals surface area contributed by atoms with Crippen LogP contribution in [0.5, 0.6) is 0 Å². The Bertz CT molecular complexity index is 1240. The van der Waals surface area contributed by atoms with Crippen LogP contribution in [0.4, 0.5) is 14.7 Å². The van der Waals surface area contributed by atoms with Gasteiger partial charge in [0.25, 0.3) is 0 Å². The van der Waals surface area contributed by atoms with Gasteiger partial charge in [-0.3, -0.25) is 0 Å². The Hall–Kier alpha value is -4.19. The van der Waals surface area contributed by atoms with E-state index in [1.807, 2.05) is 0 Å². The first-order chi connectivity index (χ1) is 16.3. The van der Waals surface area contributed by atoms with Crippen molar-refractivity contribution in [1.29, 1.82) is 0 Å². The van der Waals surface area contributed by atoms with Gasteiger partial charge >= 0.3 is 23.6 Å². The van der Waals surface area contributed by atoms with Crippen molar-refractivity contribution < 1.29 is 32.6 Å². The van der Waals surface area contributed by atoms with Crippen molar-refractivity contribution in [3.63, 3.8) is 0 Å². The molecule has 0 amide bonds. The Kier molecular flexibility index (Phi) is 6.32. The average Bonchev–Trinajstić information content (AvgIpc) is 3.08. The minimum absolute atomic E-state index is 0.0229. The van der Waals surface area contributed by atoms with E-state index >= 15 is 8.78 Å². The maximum atomic E-state index is 15.4. The molecule has 1 saturated heterocycles. The number of rotatable bonds is 6. The molecule has 2 heterocycles. The highest BCUT2D eigenvalue weighted by atomic mass is 19.3. The number of hydrogen-bond donors (Lipinski definition) is 1. The fourth-order valence-corrected chi connectivity index (χ4v) is 3.34. The van der Waals surface area contributed by atoms with Crippen molar-refractivity contribution in [3.8, 4) is 0 Å². The predicted molar refractivity (Wildman–Crippen MR) is 112 cm³/mol. The van der Waals surface area contributed by atoms with Gasteiger partial charge in [-0.05, 0) is 24.3 Å². The molecule has 12 heteroatoms. The number of esters is 2. The van der Waals surface area contributed by atoms with Crippen LogP contribution in [0.1, 0.15) is 26.9 Å². The number of halogens is 2. The van der Waals surface area contributed by atoms with Crippen LogP contribution < -0.4 is 11.4 Å². The minimum atomic E-state index is -3.92. The van der Waals surface area contributed by atoms with Crippen LogP contribution in [-0.4, -0.2) is 51.2 Å². The van der Waals surface area contributed by atoms with Crippen LogP contribution in [0, 0.1) is 0 Å². The zero-order valence-electron chi connectivity index (χ0n) is 17.4. The summed E-state index contributed by atoms with van der Waals surface area (Å²) >= 11 is 0. The van der Waals surface area contributed by atoms with Crippen molar-refractivity contribution in [2.24, 2.45) is 0 Å². The van der Waals surface area contributed by atoms with Crippen molar-refractivity contribution >= 4 is 17.9 Å². The number of nitrogen functional groups attached to an aromatic ring is 1. The van der Waals surface area contributed by atoms with Gasteiger partial charge in [0.15, 0.2) is 6.10 Å². The number of nitrogens with two attached hydrogens (primary N) is 1. The molecule has 3 aromatic rings. The summed E-state index contributed by atoms with van der Waals surface area (Å²) in [7, 11) is 0. The standard InChI is InChI=1S/C22H18F2N4O6/c23-22(24)16(34-18(30)14-9-5-2-6-10-14)15(11-32-17(29)13-7-3-1-4-8-13)33-19(22)28-12-26-20(25)27-21(28)31/h1-10,12,15-16,19H,11H2,(H2,25,27,31)/t15-,16-,19-/m1/s1. The molecule has 1 aliphatic rings. The predicted octanol–water partition coefficient (Wildman–Crippen LogP) is 1.84. The molecule has 10 nitrogen and oxygen atoms in total. The number of ether oxygens (including phenoxy) is 3. The smallest absolute Gasteiger partial charge is 0.354 e. The molecule has 0 aliphatic carbocycles. The molecule has 1 fully saturated rings. The topological polar surface area (TPSA) is 136 Å². The van der Waals surface area contributed by atoms with Gasteiger partial charge in [0, 0.05) is 0 Å². The van der Waals surface area contributed by atoms with Crippen LogP contribution >= 0.6 is 0 Å². The Morgan fingerprint density at radius 1 is 1.03 bits per heavy atom. The van der Waals surface area contributed by atoms with E-state index in [9.17, 15) is 14.4 Å². The number of benzene rings is 2. The highest BCUT2D eigenvalue weighted by molar-refractivity contribution is 5.90. The first-order valence-corrected chi connectivity index (χ1v) is 9.99. The number of alkyl halides is 2. The molecule has 34 heavy (non-hydrogen) atoms. The molecule has 0 unspecified atom stereocenters. The molecule has 1 aromatic heterocycles. The van der Waals surface area contributed by atoms with E-state index in [0.717, 1.165) is 6.33 Å². The number of hydrogen-bond acceptors (Lipinski definition) is 9. The summed E-state index contributed by atoms with van der Waals surface area (Å²) in [6.07, 6.45) is -5.30. The lowest BCUT2D eigenvalue weighted by atomic mass is 10.1. The van der Waals surface area contributed by atoms with Gasteiger partial charge in [-0.15, -0.1) is 0 Å². The van der Waals surface area contributed by atoms with Gasteiger partial charge in [0.1, 0.15) is 19.0 Å². The number of nitrogens with zero attached hydrogens (tertiary/aromatic N) is 3.